The van der Waals surface area contributed by atoms with Crippen LogP contribution in [-0.2, 0) is 0 Å². The maximum atomic E-state index is 10.6. The van der Waals surface area contributed by atoms with Gasteiger partial charge in [-0.1, -0.05) is 35.5 Å². The fourth-order valence-electron chi connectivity index (χ4n) is 0.679. The molecule has 1 atom stereocenters. The summed E-state index contributed by atoms with van der Waals surface area (Å²) in [5.74, 6) is 0. The molecule has 0 aromatic heterocycles. The van der Waals surface area contributed by atoms with Gasteiger partial charge in [-0.25, -0.2) is 0 Å². The van der Waals surface area contributed by atoms with Crippen molar-refractivity contribution in [1.29, 1.82) is 0 Å². The van der Waals surface area contributed by atoms with Gasteiger partial charge in [0, 0.05) is 6.23 Å². The Morgan fingerprint density at radius 1 is 1.30 bits per heavy atom. The Morgan fingerprint density at radius 2 is 1.90 bits per heavy atom. The topological polar surface area (TPSA) is 52.5 Å². The first-order valence-electron chi connectivity index (χ1n) is 2.88. The molecule has 1 unspecified atom stereocenters. The Balaban J connectivity index is 2.84. The molecule has 0 spiro atoms. The van der Waals surface area contributed by atoms with E-state index in [1.54, 1.807) is 30.3 Å². The van der Waals surface area contributed by atoms with E-state index in [-0.39, 0.29) is 0 Å². The minimum Gasteiger partial charge on any atom is -0.829 e. The Hall–Kier alpha value is -1.22. The van der Waals surface area contributed by atoms with Gasteiger partial charge in [0.05, 0.1) is 0 Å². The molecule has 0 aliphatic heterocycles. The largest absolute Gasteiger partial charge is 0.829 e. The standard InChI is InChI=1S/C7H6NO2/c9-7(8-10)6-4-2-1-3-5-6/h1-5,7H/q-1. The first-order valence-corrected chi connectivity index (χ1v) is 2.88. The maximum absolute atomic E-state index is 10.6. The monoisotopic (exact) mass is 136 g/mol. The van der Waals surface area contributed by atoms with E-state index in [0.717, 1.165) is 0 Å². The fourth-order valence-corrected chi connectivity index (χ4v) is 0.679. The van der Waals surface area contributed by atoms with Crippen LogP contribution >= 0.6 is 0 Å². The first-order chi connectivity index (χ1) is 4.84. The van der Waals surface area contributed by atoms with Gasteiger partial charge >= 0.3 is 0 Å². The van der Waals surface area contributed by atoms with Gasteiger partial charge in [0.1, 0.15) is 0 Å². The molecule has 0 saturated carbocycles. The predicted molar refractivity (Wildman–Crippen MR) is 35.0 cm³/mol. The van der Waals surface area contributed by atoms with Crippen LogP contribution in [0.5, 0.6) is 0 Å². The minimum atomic E-state index is -1.47. The molecular weight excluding hydrogens is 130 g/mol. The second-order valence-electron chi connectivity index (χ2n) is 1.87. The van der Waals surface area contributed by atoms with Crippen molar-refractivity contribution in [2.45, 2.75) is 6.23 Å². The molecule has 1 rings (SSSR count). The summed E-state index contributed by atoms with van der Waals surface area (Å²) >= 11 is 0. The van der Waals surface area contributed by atoms with Gasteiger partial charge < -0.3 is 5.11 Å². The predicted octanol–water partition coefficient (Wildman–Crippen LogP) is 0.812. The molecule has 52 valence electrons. The second kappa shape index (κ2) is 3.08. The van der Waals surface area contributed by atoms with Crippen LogP contribution in [0.15, 0.2) is 35.5 Å². The lowest BCUT2D eigenvalue weighted by atomic mass is 10.2. The summed E-state index contributed by atoms with van der Waals surface area (Å²) in [4.78, 5) is 9.74. The Bertz CT molecular complexity index is 210. The summed E-state index contributed by atoms with van der Waals surface area (Å²) in [7, 11) is 0. The zero-order valence-electron chi connectivity index (χ0n) is 5.23. The second-order valence-corrected chi connectivity index (χ2v) is 1.87. The lowest BCUT2D eigenvalue weighted by molar-refractivity contribution is -0.424. The highest BCUT2D eigenvalue weighted by molar-refractivity contribution is 5.16. The van der Waals surface area contributed by atoms with Gasteiger partial charge in [0.15, 0.2) is 0 Å². The van der Waals surface area contributed by atoms with Crippen molar-refractivity contribution in [3.63, 3.8) is 0 Å². The highest BCUT2D eigenvalue weighted by Crippen LogP contribution is 2.08. The smallest absolute Gasteiger partial charge is 0.0419 e. The van der Waals surface area contributed by atoms with E-state index < -0.39 is 6.23 Å². The SMILES string of the molecule is O=NC([O-])c1ccccc1. The molecule has 0 heterocycles. The van der Waals surface area contributed by atoms with Crippen LogP contribution in [0, 0.1) is 4.91 Å². The molecule has 0 N–H and O–H groups in total. The van der Waals surface area contributed by atoms with E-state index in [0.29, 0.717) is 5.56 Å². The van der Waals surface area contributed by atoms with Crippen molar-refractivity contribution in [3.05, 3.63) is 40.8 Å². The molecule has 0 aliphatic rings. The molecule has 1 aromatic rings. The molecular formula is C7H6NO2-. The van der Waals surface area contributed by atoms with Crippen LogP contribution in [0.25, 0.3) is 0 Å². The third-order valence-electron chi connectivity index (χ3n) is 1.18. The third-order valence-corrected chi connectivity index (χ3v) is 1.18. The molecule has 0 saturated heterocycles. The van der Waals surface area contributed by atoms with Gasteiger partial charge in [-0.3, -0.25) is 0 Å². The summed E-state index contributed by atoms with van der Waals surface area (Å²) < 4.78 is 0. The van der Waals surface area contributed by atoms with E-state index >= 15 is 0 Å². The molecule has 3 heteroatoms. The molecule has 0 amide bonds. The number of hydrogen-bond acceptors (Lipinski definition) is 3. The molecule has 0 fully saturated rings. The van der Waals surface area contributed by atoms with Crippen LogP contribution in [-0.4, -0.2) is 0 Å². The summed E-state index contributed by atoms with van der Waals surface area (Å²) in [6, 6.07) is 8.34. The quantitative estimate of drug-likeness (QED) is 0.565. The van der Waals surface area contributed by atoms with Crippen LogP contribution < -0.4 is 5.11 Å². The number of hydrogen-bond donors (Lipinski definition) is 0. The van der Waals surface area contributed by atoms with E-state index in [1.165, 1.54) is 0 Å². The van der Waals surface area contributed by atoms with E-state index in [1.807, 2.05) is 0 Å². The van der Waals surface area contributed by atoms with Gasteiger partial charge in [-0.2, -0.15) is 4.91 Å². The van der Waals surface area contributed by atoms with Crippen molar-refractivity contribution in [3.8, 4) is 0 Å². The molecule has 0 bridgehead atoms. The fraction of sp³-hybridized carbons (Fsp3) is 0.143. The van der Waals surface area contributed by atoms with Crippen LogP contribution in [0.2, 0.25) is 0 Å². The highest BCUT2D eigenvalue weighted by Gasteiger charge is 1.93. The maximum Gasteiger partial charge on any atom is 0.0419 e. The van der Waals surface area contributed by atoms with Crippen molar-refractivity contribution < 1.29 is 5.11 Å². The Labute approximate surface area is 58.3 Å². The lowest BCUT2D eigenvalue weighted by Gasteiger charge is -2.11. The molecule has 1 aromatic carbocycles. The Kier molecular flexibility index (Phi) is 2.12. The summed E-state index contributed by atoms with van der Waals surface area (Å²) in [6.07, 6.45) is -1.47. The van der Waals surface area contributed by atoms with Crippen molar-refractivity contribution >= 4 is 0 Å². The zero-order chi connectivity index (χ0) is 7.40. The normalized spacial score (nSPS) is 12.5. The zero-order valence-corrected chi connectivity index (χ0v) is 5.23. The molecule has 3 nitrogen and oxygen atoms in total. The first kappa shape index (κ1) is 6.89. The average Bonchev–Trinajstić information content (AvgIpc) is 2.05. The van der Waals surface area contributed by atoms with Gasteiger partial charge in [0.2, 0.25) is 0 Å². The van der Waals surface area contributed by atoms with Crippen molar-refractivity contribution in [1.82, 2.24) is 0 Å². The number of nitroso groups, excluding NO2 is 1. The molecule has 0 radical (unpaired) electrons. The number of rotatable bonds is 2. The highest BCUT2D eigenvalue weighted by atomic mass is 16.3. The summed E-state index contributed by atoms with van der Waals surface area (Å²) in [6.45, 7) is 0. The Morgan fingerprint density at radius 3 is 2.40 bits per heavy atom. The summed E-state index contributed by atoms with van der Waals surface area (Å²) in [5.41, 5.74) is 0.414. The van der Waals surface area contributed by atoms with Gasteiger partial charge in [-0.05, 0) is 5.56 Å². The van der Waals surface area contributed by atoms with Gasteiger partial charge in [-0.15, -0.1) is 0 Å². The number of benzene rings is 1. The van der Waals surface area contributed by atoms with E-state index in [4.69, 9.17) is 0 Å². The minimum absolute atomic E-state index is 0.414. The van der Waals surface area contributed by atoms with Crippen LogP contribution in [0.4, 0.5) is 0 Å². The molecule has 0 aliphatic carbocycles. The average molecular weight is 136 g/mol. The van der Waals surface area contributed by atoms with E-state index in [9.17, 15) is 10.0 Å². The van der Waals surface area contributed by atoms with Crippen molar-refractivity contribution in [2.24, 2.45) is 5.18 Å². The van der Waals surface area contributed by atoms with Crippen molar-refractivity contribution in [2.75, 3.05) is 0 Å². The van der Waals surface area contributed by atoms with Crippen LogP contribution in [0.1, 0.15) is 11.8 Å². The third kappa shape index (κ3) is 1.39. The molecule has 10 heavy (non-hydrogen) atoms. The lowest BCUT2D eigenvalue weighted by Crippen LogP contribution is -2.11. The van der Waals surface area contributed by atoms with Crippen LogP contribution in [0.3, 0.4) is 0 Å². The number of nitrogens with zero attached hydrogens (tertiary/aromatic N) is 1. The summed E-state index contributed by atoms with van der Waals surface area (Å²) in [5, 5.41) is 13.0. The van der Waals surface area contributed by atoms with E-state index in [2.05, 4.69) is 5.18 Å². The van der Waals surface area contributed by atoms with Gasteiger partial charge in [0.25, 0.3) is 0 Å².